The van der Waals surface area contributed by atoms with E-state index >= 15 is 0 Å². The standard InChI is InChI=1S/C17H31N/c1-12(2)18-11-16-5-3-4-14(16)10-17-9-13-6-7-15(17)8-13/h12-18H,3-11H2,1-2H3. The molecule has 0 saturated heterocycles. The van der Waals surface area contributed by atoms with Crippen LogP contribution in [0.4, 0.5) is 0 Å². The van der Waals surface area contributed by atoms with Crippen LogP contribution in [0.5, 0.6) is 0 Å². The van der Waals surface area contributed by atoms with E-state index in [2.05, 4.69) is 19.2 Å². The Hall–Kier alpha value is -0.0400. The van der Waals surface area contributed by atoms with Crippen LogP contribution in [-0.4, -0.2) is 12.6 Å². The number of fused-ring (bicyclic) bond motifs is 2. The fourth-order valence-electron chi connectivity index (χ4n) is 5.13. The zero-order chi connectivity index (χ0) is 12.5. The molecule has 3 saturated carbocycles. The topological polar surface area (TPSA) is 12.0 Å². The van der Waals surface area contributed by atoms with Gasteiger partial charge in [0.05, 0.1) is 0 Å². The lowest BCUT2D eigenvalue weighted by Gasteiger charge is -2.28. The predicted octanol–water partition coefficient (Wildman–Crippen LogP) is 4.23. The second-order valence-corrected chi connectivity index (χ2v) is 7.68. The van der Waals surface area contributed by atoms with Crippen LogP contribution in [0, 0.1) is 29.6 Å². The van der Waals surface area contributed by atoms with Crippen molar-refractivity contribution in [2.24, 2.45) is 29.6 Å². The van der Waals surface area contributed by atoms with Crippen molar-refractivity contribution in [2.45, 2.75) is 71.3 Å². The number of hydrogen-bond acceptors (Lipinski definition) is 1. The highest BCUT2D eigenvalue weighted by atomic mass is 14.9. The van der Waals surface area contributed by atoms with Gasteiger partial charge in [0.25, 0.3) is 0 Å². The first-order valence-electron chi connectivity index (χ1n) is 8.45. The van der Waals surface area contributed by atoms with Gasteiger partial charge in [-0.05, 0) is 68.2 Å². The van der Waals surface area contributed by atoms with E-state index in [0.29, 0.717) is 6.04 Å². The summed E-state index contributed by atoms with van der Waals surface area (Å²) in [6.45, 7) is 5.84. The fourth-order valence-corrected chi connectivity index (χ4v) is 5.13. The molecule has 0 amide bonds. The summed E-state index contributed by atoms with van der Waals surface area (Å²) in [5, 5.41) is 3.68. The van der Waals surface area contributed by atoms with Crippen LogP contribution >= 0.6 is 0 Å². The first-order chi connectivity index (χ1) is 8.72. The number of rotatable bonds is 5. The average molecular weight is 249 g/mol. The van der Waals surface area contributed by atoms with E-state index in [0.717, 1.165) is 29.6 Å². The Morgan fingerprint density at radius 1 is 0.944 bits per heavy atom. The largest absolute Gasteiger partial charge is 0.314 e. The first-order valence-corrected chi connectivity index (χ1v) is 8.45. The summed E-state index contributed by atoms with van der Waals surface area (Å²) in [5.74, 6) is 5.43. The smallest absolute Gasteiger partial charge is 0.00104 e. The zero-order valence-electron chi connectivity index (χ0n) is 12.3. The monoisotopic (exact) mass is 249 g/mol. The van der Waals surface area contributed by atoms with Crippen LogP contribution < -0.4 is 5.32 Å². The lowest BCUT2D eigenvalue weighted by Crippen LogP contribution is -2.31. The van der Waals surface area contributed by atoms with Crippen molar-refractivity contribution in [3.8, 4) is 0 Å². The lowest BCUT2D eigenvalue weighted by atomic mass is 9.79. The third kappa shape index (κ3) is 2.76. The molecule has 18 heavy (non-hydrogen) atoms. The predicted molar refractivity (Wildman–Crippen MR) is 77.5 cm³/mol. The molecular formula is C17H31N. The van der Waals surface area contributed by atoms with Crippen LogP contribution in [0.25, 0.3) is 0 Å². The highest BCUT2D eigenvalue weighted by Crippen LogP contribution is 2.52. The molecule has 0 heterocycles. The van der Waals surface area contributed by atoms with Gasteiger partial charge in [0.15, 0.2) is 0 Å². The summed E-state index contributed by atoms with van der Waals surface area (Å²) < 4.78 is 0. The van der Waals surface area contributed by atoms with Gasteiger partial charge in [0, 0.05) is 6.04 Å². The zero-order valence-corrected chi connectivity index (χ0v) is 12.3. The minimum atomic E-state index is 0.661. The Morgan fingerprint density at radius 3 is 2.44 bits per heavy atom. The van der Waals surface area contributed by atoms with Crippen LogP contribution in [-0.2, 0) is 0 Å². The average Bonchev–Trinajstić information content (AvgIpc) is 3.02. The molecule has 0 aromatic carbocycles. The molecule has 0 spiro atoms. The van der Waals surface area contributed by atoms with Crippen molar-refractivity contribution in [2.75, 3.05) is 6.54 Å². The summed E-state index contributed by atoms with van der Waals surface area (Å²) in [4.78, 5) is 0. The summed E-state index contributed by atoms with van der Waals surface area (Å²) >= 11 is 0. The van der Waals surface area contributed by atoms with E-state index in [1.165, 1.54) is 25.8 Å². The van der Waals surface area contributed by atoms with Crippen LogP contribution in [0.3, 0.4) is 0 Å². The van der Waals surface area contributed by atoms with Gasteiger partial charge in [-0.1, -0.05) is 33.1 Å². The van der Waals surface area contributed by atoms with E-state index < -0.39 is 0 Å². The molecule has 1 nitrogen and oxygen atoms in total. The van der Waals surface area contributed by atoms with Gasteiger partial charge in [0.1, 0.15) is 0 Å². The van der Waals surface area contributed by atoms with Crippen molar-refractivity contribution in [3.63, 3.8) is 0 Å². The Kier molecular flexibility index (Phi) is 3.98. The molecule has 3 aliphatic carbocycles. The highest BCUT2D eigenvalue weighted by molar-refractivity contribution is 4.92. The highest BCUT2D eigenvalue weighted by Gasteiger charge is 2.41. The molecule has 0 aliphatic heterocycles. The van der Waals surface area contributed by atoms with Crippen LogP contribution in [0.15, 0.2) is 0 Å². The second-order valence-electron chi connectivity index (χ2n) is 7.68. The Balaban J connectivity index is 1.49. The normalized spacial score (nSPS) is 43.2. The SMILES string of the molecule is CC(C)NCC1CCCC1CC1CC2CCC1C2. The van der Waals surface area contributed by atoms with E-state index in [-0.39, 0.29) is 0 Å². The maximum Gasteiger partial charge on any atom is 0.00104 e. The molecule has 0 aromatic heterocycles. The van der Waals surface area contributed by atoms with Crippen molar-refractivity contribution in [1.82, 2.24) is 5.32 Å². The molecule has 5 atom stereocenters. The van der Waals surface area contributed by atoms with E-state index in [1.54, 1.807) is 32.1 Å². The van der Waals surface area contributed by atoms with Gasteiger partial charge in [-0.2, -0.15) is 0 Å². The Bertz CT molecular complexity index is 273. The van der Waals surface area contributed by atoms with Crippen molar-refractivity contribution in [3.05, 3.63) is 0 Å². The van der Waals surface area contributed by atoms with Gasteiger partial charge in [-0.3, -0.25) is 0 Å². The van der Waals surface area contributed by atoms with E-state index in [4.69, 9.17) is 0 Å². The minimum Gasteiger partial charge on any atom is -0.314 e. The van der Waals surface area contributed by atoms with Gasteiger partial charge in [-0.15, -0.1) is 0 Å². The van der Waals surface area contributed by atoms with Gasteiger partial charge in [0.2, 0.25) is 0 Å². The molecule has 2 bridgehead atoms. The molecule has 0 radical (unpaired) electrons. The van der Waals surface area contributed by atoms with Crippen molar-refractivity contribution < 1.29 is 0 Å². The molecule has 5 unspecified atom stereocenters. The molecule has 1 N–H and O–H groups in total. The van der Waals surface area contributed by atoms with Gasteiger partial charge < -0.3 is 5.32 Å². The molecular weight excluding hydrogens is 218 g/mol. The number of hydrogen-bond donors (Lipinski definition) is 1. The Labute approximate surface area is 113 Å². The maximum absolute atomic E-state index is 3.68. The van der Waals surface area contributed by atoms with E-state index in [9.17, 15) is 0 Å². The molecule has 0 aromatic rings. The quantitative estimate of drug-likeness (QED) is 0.769. The summed E-state index contributed by atoms with van der Waals surface area (Å²) in [7, 11) is 0. The Morgan fingerprint density at radius 2 is 1.78 bits per heavy atom. The van der Waals surface area contributed by atoms with Gasteiger partial charge in [-0.25, -0.2) is 0 Å². The fraction of sp³-hybridized carbons (Fsp3) is 1.00. The number of nitrogens with one attached hydrogen (secondary N) is 1. The molecule has 3 fully saturated rings. The lowest BCUT2D eigenvalue weighted by molar-refractivity contribution is 0.231. The third-order valence-electron chi connectivity index (χ3n) is 6.09. The molecule has 3 aliphatic rings. The van der Waals surface area contributed by atoms with Crippen molar-refractivity contribution in [1.29, 1.82) is 0 Å². The summed E-state index contributed by atoms with van der Waals surface area (Å²) in [6.07, 6.45) is 12.4. The molecule has 3 rings (SSSR count). The van der Waals surface area contributed by atoms with Crippen LogP contribution in [0.1, 0.15) is 65.2 Å². The third-order valence-corrected chi connectivity index (χ3v) is 6.09. The molecule has 1 heteroatoms. The summed E-state index contributed by atoms with van der Waals surface area (Å²) in [5.41, 5.74) is 0. The maximum atomic E-state index is 3.68. The minimum absolute atomic E-state index is 0.661. The summed E-state index contributed by atoms with van der Waals surface area (Å²) in [6, 6.07) is 0.661. The second kappa shape index (κ2) is 5.53. The first kappa shape index (κ1) is 13.0. The molecule has 104 valence electrons. The van der Waals surface area contributed by atoms with E-state index in [1.807, 2.05) is 0 Å². The van der Waals surface area contributed by atoms with Gasteiger partial charge >= 0.3 is 0 Å². The van der Waals surface area contributed by atoms with Crippen LogP contribution in [0.2, 0.25) is 0 Å². The van der Waals surface area contributed by atoms with Crippen molar-refractivity contribution >= 4 is 0 Å².